The molecular weight excluding hydrogens is 549 g/mol. The van der Waals surface area contributed by atoms with Gasteiger partial charge in [0.2, 0.25) is 5.91 Å². The first-order chi connectivity index (χ1) is 17.5. The van der Waals surface area contributed by atoms with E-state index in [4.69, 9.17) is 5.73 Å². The van der Waals surface area contributed by atoms with Crippen LogP contribution in [0.25, 0.3) is 0 Å². The molecule has 0 fully saturated rings. The molecule has 208 valence electrons. The zero-order chi connectivity index (χ0) is 28.5. The topological polar surface area (TPSA) is 107 Å². The molecule has 2 aromatic rings. The maximum absolute atomic E-state index is 14.8. The summed E-state index contributed by atoms with van der Waals surface area (Å²) >= 11 is 0. The molecule has 38 heavy (non-hydrogen) atoms. The molecule has 1 amide bonds. The Bertz CT molecular complexity index is 1310. The average Bonchev–Trinajstić information content (AvgIpc) is 2.84. The number of fused-ring (bicyclic) bond motifs is 1. The molecule has 0 spiro atoms. The number of carbonyl (C=O) groups excluding carboxylic acids is 2. The zero-order valence-electron chi connectivity index (χ0n) is 19.4. The first-order valence-corrected chi connectivity index (χ1v) is 12.7. The molecule has 0 unspecified atom stereocenters. The highest BCUT2D eigenvalue weighted by Gasteiger charge is 2.38. The summed E-state index contributed by atoms with van der Waals surface area (Å²) in [6.45, 7) is -0.411. The highest BCUT2D eigenvalue weighted by molar-refractivity contribution is 7.91. The van der Waals surface area contributed by atoms with Gasteiger partial charge in [-0.15, -0.1) is 13.2 Å². The molecule has 1 heterocycles. The molecule has 2 N–H and O–H groups in total. The molecule has 0 saturated heterocycles. The summed E-state index contributed by atoms with van der Waals surface area (Å²) in [4.78, 5) is 25.8. The Morgan fingerprint density at radius 1 is 1.05 bits per heavy atom. The number of Topliss-reactive ketones (excluding diaryl/α,β-unsaturated/α-hetero) is 1. The van der Waals surface area contributed by atoms with Crippen molar-refractivity contribution in [2.24, 2.45) is 5.73 Å². The molecule has 1 aliphatic rings. The quantitative estimate of drug-likeness (QED) is 0.281. The minimum atomic E-state index is -4.94. The first-order valence-electron chi connectivity index (χ1n) is 11.0. The lowest BCUT2D eigenvalue weighted by atomic mass is 10.0. The van der Waals surface area contributed by atoms with Crippen molar-refractivity contribution in [1.82, 2.24) is 0 Å². The predicted molar refractivity (Wildman–Crippen MR) is 120 cm³/mol. The Kier molecular flexibility index (Phi) is 8.41. The van der Waals surface area contributed by atoms with E-state index in [0.717, 1.165) is 23.1 Å². The summed E-state index contributed by atoms with van der Waals surface area (Å²) in [5.74, 6) is -4.50. The van der Waals surface area contributed by atoms with Crippen molar-refractivity contribution in [1.29, 1.82) is 0 Å². The van der Waals surface area contributed by atoms with Gasteiger partial charge in [0.1, 0.15) is 11.6 Å². The number of ether oxygens (including phenoxy) is 1. The van der Waals surface area contributed by atoms with Crippen LogP contribution in [0.3, 0.4) is 0 Å². The van der Waals surface area contributed by atoms with Crippen LogP contribution in [0.2, 0.25) is 0 Å². The number of hydrogen-bond acceptors (Lipinski definition) is 6. The average molecular weight is 570 g/mol. The third-order valence-corrected chi connectivity index (χ3v) is 7.36. The van der Waals surface area contributed by atoms with Crippen LogP contribution in [0.4, 0.5) is 36.4 Å². The van der Waals surface area contributed by atoms with Crippen molar-refractivity contribution in [3.63, 3.8) is 0 Å². The van der Waals surface area contributed by atoms with Gasteiger partial charge in [0.05, 0.1) is 34.5 Å². The third kappa shape index (κ3) is 7.43. The largest absolute Gasteiger partial charge is 0.573 e. The van der Waals surface area contributed by atoms with Gasteiger partial charge in [0.15, 0.2) is 15.6 Å². The number of anilines is 1. The molecule has 0 aromatic heterocycles. The highest BCUT2D eigenvalue weighted by atomic mass is 32.2. The van der Waals surface area contributed by atoms with Gasteiger partial charge >= 0.3 is 12.5 Å². The van der Waals surface area contributed by atoms with E-state index >= 15 is 0 Å². The van der Waals surface area contributed by atoms with Crippen LogP contribution >= 0.6 is 0 Å². The van der Waals surface area contributed by atoms with E-state index in [1.54, 1.807) is 0 Å². The standard InChI is InChI=1S/C23H21F7N2O5S/c24-16-10-20-18(9-15(16)19(33)3-1-2-8-22(25,26)27)32(21(34)17(31)12-38(20,35)36)11-13-4-6-14(7-5-13)37-23(28,29)30/h4-7,9-10,17H,1-3,8,11-12,31H2/t17-/m0/s1. The number of halogens is 7. The Labute approximate surface area is 212 Å². The van der Waals surface area contributed by atoms with E-state index in [9.17, 15) is 48.7 Å². The van der Waals surface area contributed by atoms with Crippen LogP contribution in [0, 0.1) is 5.82 Å². The highest BCUT2D eigenvalue weighted by Crippen LogP contribution is 2.35. The van der Waals surface area contributed by atoms with Gasteiger partial charge in [-0.3, -0.25) is 9.59 Å². The monoisotopic (exact) mass is 570 g/mol. The van der Waals surface area contributed by atoms with Crippen molar-refractivity contribution in [2.75, 3.05) is 10.7 Å². The fraction of sp³-hybridized carbons (Fsp3) is 0.391. The number of nitrogens with zero attached hydrogens (tertiary/aromatic N) is 1. The molecule has 1 aliphatic heterocycles. The van der Waals surface area contributed by atoms with Crippen molar-refractivity contribution >= 4 is 27.2 Å². The molecule has 0 radical (unpaired) electrons. The minimum absolute atomic E-state index is 0.215. The van der Waals surface area contributed by atoms with E-state index in [1.165, 1.54) is 12.1 Å². The van der Waals surface area contributed by atoms with Gasteiger partial charge in [-0.2, -0.15) is 13.2 Å². The summed E-state index contributed by atoms with van der Waals surface area (Å²) in [5, 5.41) is 0. The number of amides is 1. The van der Waals surface area contributed by atoms with Crippen LogP contribution in [0.1, 0.15) is 41.6 Å². The van der Waals surface area contributed by atoms with E-state index in [1.807, 2.05) is 0 Å². The molecule has 2 aromatic carbocycles. The summed E-state index contributed by atoms with van der Waals surface area (Å²) in [5.41, 5.74) is 4.95. The zero-order valence-corrected chi connectivity index (χ0v) is 20.2. The molecule has 1 atom stereocenters. The van der Waals surface area contributed by atoms with Crippen molar-refractivity contribution in [3.05, 3.63) is 53.3 Å². The number of carbonyl (C=O) groups is 2. The Hall–Kier alpha value is -3.20. The van der Waals surface area contributed by atoms with Gasteiger partial charge in [-0.05, 0) is 42.7 Å². The lowest BCUT2D eigenvalue weighted by Gasteiger charge is -2.25. The van der Waals surface area contributed by atoms with Gasteiger partial charge in [-0.25, -0.2) is 12.8 Å². The second-order valence-corrected chi connectivity index (χ2v) is 10.6. The smallest absolute Gasteiger partial charge is 0.406 e. The summed E-state index contributed by atoms with van der Waals surface area (Å²) in [6, 6.07) is 4.07. The number of sulfone groups is 1. The second-order valence-electron chi connectivity index (χ2n) is 8.55. The van der Waals surface area contributed by atoms with Crippen LogP contribution < -0.4 is 15.4 Å². The van der Waals surface area contributed by atoms with E-state index in [-0.39, 0.29) is 18.4 Å². The molecule has 15 heteroatoms. The SMILES string of the molecule is N[C@H]1CS(=O)(=O)c2cc(F)c(C(=O)CCCCC(F)(F)F)cc2N(Cc2ccc(OC(F)(F)F)cc2)C1=O. The summed E-state index contributed by atoms with van der Waals surface area (Å²) in [7, 11) is -4.32. The predicted octanol–water partition coefficient (Wildman–Crippen LogP) is 4.68. The molecule has 3 rings (SSSR count). The van der Waals surface area contributed by atoms with Gasteiger partial charge in [-0.1, -0.05) is 12.1 Å². The molecular formula is C23H21F7N2O5S. The van der Waals surface area contributed by atoms with Crippen LogP contribution in [-0.2, 0) is 21.2 Å². The molecule has 0 aliphatic carbocycles. The number of hydrogen-bond donors (Lipinski definition) is 1. The summed E-state index contributed by atoms with van der Waals surface area (Å²) in [6.07, 6.45) is -11.6. The van der Waals surface area contributed by atoms with E-state index in [2.05, 4.69) is 4.74 Å². The van der Waals surface area contributed by atoms with Crippen LogP contribution in [0.15, 0.2) is 41.3 Å². The lowest BCUT2D eigenvalue weighted by molar-refractivity contribution is -0.274. The van der Waals surface area contributed by atoms with Crippen molar-refractivity contribution in [2.45, 2.75) is 55.7 Å². The fourth-order valence-corrected chi connectivity index (χ4v) is 5.39. The van der Waals surface area contributed by atoms with Crippen molar-refractivity contribution in [3.8, 4) is 5.75 Å². The van der Waals surface area contributed by atoms with Crippen LogP contribution in [0.5, 0.6) is 5.75 Å². The number of nitrogens with two attached hydrogens (primary N) is 1. The fourth-order valence-electron chi connectivity index (χ4n) is 3.82. The van der Waals surface area contributed by atoms with Gasteiger partial charge in [0, 0.05) is 12.8 Å². The Morgan fingerprint density at radius 2 is 1.68 bits per heavy atom. The number of ketones is 1. The third-order valence-electron chi connectivity index (χ3n) is 5.57. The first kappa shape index (κ1) is 29.4. The van der Waals surface area contributed by atoms with E-state index < -0.39 is 93.0 Å². The minimum Gasteiger partial charge on any atom is -0.406 e. The molecule has 7 nitrogen and oxygen atoms in total. The van der Waals surface area contributed by atoms with Crippen molar-refractivity contribution < 1.29 is 53.5 Å². The second kappa shape index (κ2) is 10.9. The lowest BCUT2D eigenvalue weighted by Crippen LogP contribution is -2.45. The van der Waals surface area contributed by atoms with E-state index in [0.29, 0.717) is 6.07 Å². The summed E-state index contributed by atoms with van der Waals surface area (Å²) < 4.78 is 119. The Morgan fingerprint density at radius 3 is 2.26 bits per heavy atom. The number of alkyl halides is 6. The molecule has 0 bridgehead atoms. The van der Waals surface area contributed by atoms with Crippen LogP contribution in [-0.4, -0.2) is 44.4 Å². The maximum atomic E-state index is 14.8. The Balaban J connectivity index is 1.96. The maximum Gasteiger partial charge on any atom is 0.573 e. The number of unbranched alkanes of at least 4 members (excludes halogenated alkanes) is 1. The normalized spacial score (nSPS) is 17.6. The number of rotatable bonds is 8. The van der Waals surface area contributed by atoms with Gasteiger partial charge in [0.25, 0.3) is 0 Å². The molecule has 0 saturated carbocycles. The van der Waals surface area contributed by atoms with Gasteiger partial charge < -0.3 is 15.4 Å². The number of benzene rings is 2.